The van der Waals surface area contributed by atoms with Gasteiger partial charge in [0.15, 0.2) is 0 Å². The zero-order chi connectivity index (χ0) is 18.2. The Morgan fingerprint density at radius 3 is 2.36 bits per heavy atom. The van der Waals surface area contributed by atoms with Crippen molar-refractivity contribution in [1.29, 1.82) is 0 Å². The van der Waals surface area contributed by atoms with E-state index in [0.717, 1.165) is 42.6 Å². The zero-order valence-corrected chi connectivity index (χ0v) is 16.3. The molecule has 0 bridgehead atoms. The van der Waals surface area contributed by atoms with Gasteiger partial charge in [-0.25, -0.2) is 0 Å². The van der Waals surface area contributed by atoms with Crippen LogP contribution in [0.15, 0.2) is 29.3 Å². The summed E-state index contributed by atoms with van der Waals surface area (Å²) < 4.78 is 5.75. The first-order valence-electron chi connectivity index (χ1n) is 9.73. The molecule has 25 heavy (non-hydrogen) atoms. The Kier molecular flexibility index (Phi) is 7.76. The normalized spacial score (nSPS) is 18.0. The summed E-state index contributed by atoms with van der Waals surface area (Å²) in [7, 11) is 0. The number of benzene rings is 1. The Morgan fingerprint density at radius 2 is 1.80 bits per heavy atom. The van der Waals surface area contributed by atoms with Crippen molar-refractivity contribution >= 4 is 5.84 Å². The molecule has 1 saturated heterocycles. The molecule has 3 N–H and O–H groups in total. The van der Waals surface area contributed by atoms with Gasteiger partial charge in [0.1, 0.15) is 11.6 Å². The molecule has 0 spiro atoms. The summed E-state index contributed by atoms with van der Waals surface area (Å²) in [5.41, 5.74) is 7.16. The largest absolute Gasteiger partial charge is 0.494 e. The summed E-state index contributed by atoms with van der Waals surface area (Å²) >= 11 is 0. The second-order valence-electron chi connectivity index (χ2n) is 7.89. The average Bonchev–Trinajstić information content (AvgIpc) is 2.51. The third kappa shape index (κ3) is 6.69. The van der Waals surface area contributed by atoms with Gasteiger partial charge in [0.2, 0.25) is 0 Å². The maximum absolute atomic E-state index is 6.19. The van der Waals surface area contributed by atoms with Crippen LogP contribution in [0, 0.1) is 17.8 Å². The first-order valence-corrected chi connectivity index (χ1v) is 9.73. The molecule has 0 radical (unpaired) electrons. The minimum atomic E-state index is 0.262. The summed E-state index contributed by atoms with van der Waals surface area (Å²) in [5.74, 6) is 3.79. The van der Waals surface area contributed by atoms with Gasteiger partial charge in [-0.3, -0.25) is 4.99 Å². The molecule has 4 heteroatoms. The molecular weight excluding hydrogens is 310 g/mol. The van der Waals surface area contributed by atoms with Crippen molar-refractivity contribution in [3.63, 3.8) is 0 Å². The van der Waals surface area contributed by atoms with Crippen molar-refractivity contribution in [2.24, 2.45) is 28.5 Å². The van der Waals surface area contributed by atoms with E-state index >= 15 is 0 Å². The van der Waals surface area contributed by atoms with Gasteiger partial charge in [-0.2, -0.15) is 0 Å². The number of hydrogen-bond donors (Lipinski definition) is 2. The van der Waals surface area contributed by atoms with E-state index in [-0.39, 0.29) is 6.04 Å². The monoisotopic (exact) mass is 345 g/mol. The van der Waals surface area contributed by atoms with Gasteiger partial charge < -0.3 is 15.8 Å². The van der Waals surface area contributed by atoms with Crippen molar-refractivity contribution in [2.75, 3.05) is 19.7 Å². The van der Waals surface area contributed by atoms with Crippen LogP contribution in [0.2, 0.25) is 0 Å². The van der Waals surface area contributed by atoms with E-state index < -0.39 is 0 Å². The molecule has 1 aliphatic rings. The third-order valence-corrected chi connectivity index (χ3v) is 5.13. The van der Waals surface area contributed by atoms with E-state index in [2.05, 4.69) is 38.0 Å². The zero-order valence-electron chi connectivity index (χ0n) is 16.3. The van der Waals surface area contributed by atoms with Gasteiger partial charge in [-0.05, 0) is 81.3 Å². The Morgan fingerprint density at radius 1 is 1.12 bits per heavy atom. The molecule has 0 aromatic heterocycles. The van der Waals surface area contributed by atoms with E-state index in [0.29, 0.717) is 11.8 Å². The summed E-state index contributed by atoms with van der Waals surface area (Å²) in [5, 5.41) is 3.35. The lowest BCUT2D eigenvalue weighted by atomic mass is 9.85. The summed E-state index contributed by atoms with van der Waals surface area (Å²) in [6.07, 6.45) is 3.37. The lowest BCUT2D eigenvalue weighted by Gasteiger charge is -2.33. The van der Waals surface area contributed by atoms with Gasteiger partial charge >= 0.3 is 0 Å². The van der Waals surface area contributed by atoms with Crippen LogP contribution in [0.5, 0.6) is 5.75 Å². The fourth-order valence-corrected chi connectivity index (χ4v) is 2.96. The highest BCUT2D eigenvalue weighted by Crippen LogP contribution is 2.22. The van der Waals surface area contributed by atoms with Crippen LogP contribution in [0.4, 0.5) is 0 Å². The van der Waals surface area contributed by atoms with Crippen molar-refractivity contribution in [3.8, 4) is 5.75 Å². The SMILES string of the molecule is CC(C)CCOc1ccc(C(N)=NC(C)CCC(C)C2CNC2)cc1. The third-order valence-electron chi connectivity index (χ3n) is 5.13. The van der Waals surface area contributed by atoms with Crippen LogP contribution < -0.4 is 15.8 Å². The van der Waals surface area contributed by atoms with Crippen LogP contribution in [-0.4, -0.2) is 31.6 Å². The quantitative estimate of drug-likeness (QED) is 0.500. The van der Waals surface area contributed by atoms with Crippen molar-refractivity contribution < 1.29 is 4.74 Å². The summed E-state index contributed by atoms with van der Waals surface area (Å²) in [6, 6.07) is 8.22. The van der Waals surface area contributed by atoms with Crippen molar-refractivity contribution in [3.05, 3.63) is 29.8 Å². The van der Waals surface area contributed by atoms with Gasteiger partial charge in [0.05, 0.1) is 6.61 Å². The summed E-state index contributed by atoms with van der Waals surface area (Å²) in [4.78, 5) is 4.68. The second-order valence-corrected chi connectivity index (χ2v) is 7.89. The Bertz CT molecular complexity index is 535. The molecule has 2 atom stereocenters. The smallest absolute Gasteiger partial charge is 0.125 e. The molecule has 0 aliphatic carbocycles. The Balaban J connectivity index is 1.79. The Labute approximate surface area is 153 Å². The molecule has 1 aromatic rings. The first kappa shape index (κ1) is 19.8. The van der Waals surface area contributed by atoms with Crippen LogP contribution in [0.25, 0.3) is 0 Å². The molecule has 140 valence electrons. The highest BCUT2D eigenvalue weighted by Gasteiger charge is 2.23. The average molecular weight is 346 g/mol. The highest BCUT2D eigenvalue weighted by molar-refractivity contribution is 5.97. The van der Waals surface area contributed by atoms with E-state index in [4.69, 9.17) is 10.5 Å². The maximum atomic E-state index is 6.19. The molecule has 0 amide bonds. The van der Waals surface area contributed by atoms with E-state index in [1.165, 1.54) is 19.5 Å². The Hall–Kier alpha value is -1.55. The molecule has 1 fully saturated rings. The van der Waals surface area contributed by atoms with Crippen LogP contribution in [-0.2, 0) is 0 Å². The molecule has 1 aliphatic heterocycles. The van der Waals surface area contributed by atoms with Crippen molar-refractivity contribution in [1.82, 2.24) is 5.32 Å². The molecule has 2 rings (SSSR count). The molecule has 0 saturated carbocycles. The lowest BCUT2D eigenvalue weighted by Crippen LogP contribution is -2.45. The van der Waals surface area contributed by atoms with Gasteiger partial charge in [-0.1, -0.05) is 20.8 Å². The van der Waals surface area contributed by atoms with Crippen molar-refractivity contribution in [2.45, 2.75) is 53.0 Å². The van der Waals surface area contributed by atoms with E-state index in [1.807, 2.05) is 24.3 Å². The van der Waals surface area contributed by atoms with E-state index in [9.17, 15) is 0 Å². The topological polar surface area (TPSA) is 59.6 Å². The standard InChI is InChI=1S/C21H35N3O/c1-15(2)11-12-25-20-9-7-18(8-10-20)21(22)24-17(4)6-5-16(3)19-13-23-14-19/h7-10,15-17,19,23H,5-6,11-14H2,1-4H3,(H2,22,24). The number of ether oxygens (including phenoxy) is 1. The highest BCUT2D eigenvalue weighted by atomic mass is 16.5. The number of hydrogen-bond acceptors (Lipinski definition) is 3. The number of aliphatic imine (C=N–C) groups is 1. The lowest BCUT2D eigenvalue weighted by molar-refractivity contribution is 0.232. The number of rotatable bonds is 10. The number of amidine groups is 1. The predicted octanol–water partition coefficient (Wildman–Crippen LogP) is 3.84. The second kappa shape index (κ2) is 9.81. The summed E-state index contributed by atoms with van der Waals surface area (Å²) in [6.45, 7) is 12.0. The van der Waals surface area contributed by atoms with Crippen LogP contribution in [0.3, 0.4) is 0 Å². The fraction of sp³-hybridized carbons (Fsp3) is 0.667. The molecular formula is C21H35N3O. The molecule has 1 heterocycles. The van der Waals surface area contributed by atoms with Gasteiger partial charge in [-0.15, -0.1) is 0 Å². The molecule has 1 aromatic carbocycles. The molecule has 4 nitrogen and oxygen atoms in total. The maximum Gasteiger partial charge on any atom is 0.125 e. The van der Waals surface area contributed by atoms with E-state index in [1.54, 1.807) is 0 Å². The number of nitrogens with one attached hydrogen (secondary N) is 1. The van der Waals surface area contributed by atoms with Crippen LogP contribution in [0.1, 0.15) is 52.5 Å². The first-order chi connectivity index (χ1) is 12.0. The number of nitrogens with two attached hydrogens (primary N) is 1. The minimum absolute atomic E-state index is 0.262. The van der Waals surface area contributed by atoms with Gasteiger partial charge in [0, 0.05) is 11.6 Å². The van der Waals surface area contributed by atoms with Crippen LogP contribution >= 0.6 is 0 Å². The minimum Gasteiger partial charge on any atom is -0.494 e. The molecule has 2 unspecified atom stereocenters. The predicted molar refractivity (Wildman–Crippen MR) is 106 cm³/mol. The fourth-order valence-electron chi connectivity index (χ4n) is 2.96. The number of nitrogens with zero attached hydrogens (tertiary/aromatic N) is 1. The van der Waals surface area contributed by atoms with Gasteiger partial charge in [0.25, 0.3) is 0 Å².